The first-order valence-electron chi connectivity index (χ1n) is 6.93. The topological polar surface area (TPSA) is 18.5 Å². The van der Waals surface area contributed by atoms with E-state index in [0.29, 0.717) is 11.7 Å². The van der Waals surface area contributed by atoms with Crippen molar-refractivity contribution >= 4 is 7.12 Å². The first kappa shape index (κ1) is 11.8. The van der Waals surface area contributed by atoms with Crippen LogP contribution in [0.15, 0.2) is 12.2 Å². The third kappa shape index (κ3) is 1.79. The number of fused-ring (bicyclic) bond motifs is 2. The van der Waals surface area contributed by atoms with Gasteiger partial charge in [-0.05, 0) is 58.8 Å². The van der Waals surface area contributed by atoms with Gasteiger partial charge in [0.2, 0.25) is 0 Å². The molecule has 2 fully saturated rings. The summed E-state index contributed by atoms with van der Waals surface area (Å²) in [5.74, 6) is 2.01. The molecule has 1 saturated carbocycles. The van der Waals surface area contributed by atoms with Crippen molar-refractivity contribution in [3.8, 4) is 0 Å². The Bertz CT molecular complexity index is 332. The second-order valence-corrected chi connectivity index (χ2v) is 6.91. The molecule has 3 aliphatic carbocycles. The molecule has 0 amide bonds. The zero-order valence-corrected chi connectivity index (χ0v) is 11.4. The molecule has 4 rings (SSSR count). The van der Waals surface area contributed by atoms with Gasteiger partial charge in [0, 0.05) is 5.82 Å². The molecule has 1 heterocycles. The second kappa shape index (κ2) is 3.61. The quantitative estimate of drug-likeness (QED) is 0.511. The number of rotatable bonds is 1. The van der Waals surface area contributed by atoms with Crippen LogP contribution in [0, 0.1) is 11.8 Å². The minimum atomic E-state index is -0.182. The summed E-state index contributed by atoms with van der Waals surface area (Å²) in [7, 11) is -0.00208. The Morgan fingerprint density at radius 3 is 2.06 bits per heavy atom. The molecule has 2 bridgehead atoms. The van der Waals surface area contributed by atoms with E-state index in [0.717, 1.165) is 5.92 Å². The van der Waals surface area contributed by atoms with E-state index in [9.17, 15) is 0 Å². The van der Waals surface area contributed by atoms with Gasteiger partial charge in [-0.25, -0.2) is 0 Å². The van der Waals surface area contributed by atoms with E-state index in [1.807, 2.05) is 0 Å². The van der Waals surface area contributed by atoms with Crippen LogP contribution >= 0.6 is 0 Å². The zero-order valence-electron chi connectivity index (χ0n) is 11.4. The van der Waals surface area contributed by atoms with Crippen LogP contribution in [-0.2, 0) is 9.31 Å². The molecule has 3 atom stereocenters. The van der Waals surface area contributed by atoms with Gasteiger partial charge in [-0.15, -0.1) is 0 Å². The SMILES string of the molecule is CC1(C)OB(C2CC3C=CC2CC3)OC1(C)C. The summed E-state index contributed by atoms with van der Waals surface area (Å²) < 4.78 is 12.4. The first-order valence-corrected chi connectivity index (χ1v) is 6.93. The van der Waals surface area contributed by atoms with E-state index in [2.05, 4.69) is 39.8 Å². The molecule has 3 heteroatoms. The standard InChI is InChI=1S/C14H23BO2/c1-13(2)14(3,4)17-15(16-13)12-9-10-5-7-11(12)8-6-10/h5,7,10-12H,6,8-9H2,1-4H3. The fourth-order valence-corrected chi connectivity index (χ4v) is 3.35. The molecule has 17 heavy (non-hydrogen) atoms. The average Bonchev–Trinajstić information content (AvgIpc) is 2.50. The molecule has 0 radical (unpaired) electrons. The number of allylic oxidation sites excluding steroid dienone is 2. The predicted molar refractivity (Wildman–Crippen MR) is 69.8 cm³/mol. The molecule has 94 valence electrons. The molecule has 1 aliphatic heterocycles. The van der Waals surface area contributed by atoms with Gasteiger partial charge in [-0.2, -0.15) is 0 Å². The summed E-state index contributed by atoms with van der Waals surface area (Å²) in [4.78, 5) is 0. The summed E-state index contributed by atoms with van der Waals surface area (Å²) in [5, 5.41) is 0. The Balaban J connectivity index is 1.78. The van der Waals surface area contributed by atoms with Crippen molar-refractivity contribution in [2.24, 2.45) is 11.8 Å². The summed E-state index contributed by atoms with van der Waals surface area (Å²) in [6.45, 7) is 8.57. The van der Waals surface area contributed by atoms with Crippen molar-refractivity contribution in [2.75, 3.05) is 0 Å². The van der Waals surface area contributed by atoms with Gasteiger partial charge in [0.25, 0.3) is 0 Å². The van der Waals surface area contributed by atoms with Crippen LogP contribution in [-0.4, -0.2) is 18.3 Å². The maximum Gasteiger partial charge on any atom is 0.461 e. The van der Waals surface area contributed by atoms with Crippen LogP contribution in [0.5, 0.6) is 0 Å². The van der Waals surface area contributed by atoms with Crippen molar-refractivity contribution in [3.63, 3.8) is 0 Å². The molecular weight excluding hydrogens is 211 g/mol. The Hall–Kier alpha value is -0.275. The highest BCUT2D eigenvalue weighted by Crippen LogP contribution is 2.50. The van der Waals surface area contributed by atoms with Crippen molar-refractivity contribution in [3.05, 3.63) is 12.2 Å². The van der Waals surface area contributed by atoms with Gasteiger partial charge in [0.15, 0.2) is 0 Å². The average molecular weight is 234 g/mol. The van der Waals surface area contributed by atoms with E-state index < -0.39 is 0 Å². The molecule has 0 aromatic rings. The molecule has 2 nitrogen and oxygen atoms in total. The highest BCUT2D eigenvalue weighted by atomic mass is 16.7. The molecule has 1 saturated heterocycles. The van der Waals surface area contributed by atoms with E-state index >= 15 is 0 Å². The third-order valence-corrected chi connectivity index (χ3v) is 5.25. The van der Waals surface area contributed by atoms with Crippen LogP contribution in [0.3, 0.4) is 0 Å². The van der Waals surface area contributed by atoms with Crippen LogP contribution in [0.1, 0.15) is 47.0 Å². The molecular formula is C14H23BO2. The van der Waals surface area contributed by atoms with Gasteiger partial charge in [0.1, 0.15) is 0 Å². The first-order chi connectivity index (χ1) is 7.89. The Morgan fingerprint density at radius 2 is 1.65 bits per heavy atom. The highest BCUT2D eigenvalue weighted by molar-refractivity contribution is 6.47. The lowest BCUT2D eigenvalue weighted by Gasteiger charge is -2.38. The molecule has 0 aromatic carbocycles. The minimum Gasteiger partial charge on any atom is -0.403 e. The van der Waals surface area contributed by atoms with Gasteiger partial charge in [-0.3, -0.25) is 0 Å². The van der Waals surface area contributed by atoms with Gasteiger partial charge in [0.05, 0.1) is 11.2 Å². The molecule has 3 unspecified atom stereocenters. The van der Waals surface area contributed by atoms with Crippen molar-refractivity contribution in [1.82, 2.24) is 0 Å². The summed E-state index contributed by atoms with van der Waals surface area (Å²) in [6.07, 6.45) is 8.72. The summed E-state index contributed by atoms with van der Waals surface area (Å²) >= 11 is 0. The Labute approximate surface area is 105 Å². The van der Waals surface area contributed by atoms with E-state index in [4.69, 9.17) is 9.31 Å². The van der Waals surface area contributed by atoms with Gasteiger partial charge in [-0.1, -0.05) is 12.2 Å². The zero-order chi connectivity index (χ0) is 12.3. The highest BCUT2D eigenvalue weighted by Gasteiger charge is 2.55. The largest absolute Gasteiger partial charge is 0.461 e. The van der Waals surface area contributed by atoms with E-state index in [-0.39, 0.29) is 18.3 Å². The van der Waals surface area contributed by atoms with Crippen LogP contribution < -0.4 is 0 Å². The maximum absolute atomic E-state index is 6.20. The second-order valence-electron chi connectivity index (χ2n) is 6.91. The molecule has 0 aromatic heterocycles. The third-order valence-electron chi connectivity index (χ3n) is 5.25. The summed E-state index contributed by atoms with van der Waals surface area (Å²) in [6, 6.07) is 0. The van der Waals surface area contributed by atoms with Crippen LogP contribution in [0.2, 0.25) is 5.82 Å². The lowest BCUT2D eigenvalue weighted by Crippen LogP contribution is -2.41. The minimum absolute atomic E-state index is 0.00208. The molecule has 0 spiro atoms. The van der Waals surface area contributed by atoms with Crippen molar-refractivity contribution < 1.29 is 9.31 Å². The van der Waals surface area contributed by atoms with Crippen LogP contribution in [0.25, 0.3) is 0 Å². The van der Waals surface area contributed by atoms with Gasteiger partial charge < -0.3 is 9.31 Å². The predicted octanol–water partition coefficient (Wildman–Crippen LogP) is 3.43. The van der Waals surface area contributed by atoms with Gasteiger partial charge >= 0.3 is 7.12 Å². The lowest BCUT2D eigenvalue weighted by molar-refractivity contribution is 0.00578. The Morgan fingerprint density at radius 1 is 1.00 bits per heavy atom. The number of hydrogen-bond donors (Lipinski definition) is 0. The molecule has 4 aliphatic rings. The van der Waals surface area contributed by atoms with E-state index in [1.54, 1.807) is 0 Å². The fourth-order valence-electron chi connectivity index (χ4n) is 3.35. The molecule has 0 N–H and O–H groups in total. The number of hydrogen-bond acceptors (Lipinski definition) is 2. The van der Waals surface area contributed by atoms with Crippen molar-refractivity contribution in [1.29, 1.82) is 0 Å². The maximum atomic E-state index is 6.20. The van der Waals surface area contributed by atoms with Crippen LogP contribution in [0.4, 0.5) is 0 Å². The monoisotopic (exact) mass is 234 g/mol. The Kier molecular flexibility index (Phi) is 2.51. The van der Waals surface area contributed by atoms with E-state index in [1.165, 1.54) is 19.3 Å². The smallest absolute Gasteiger partial charge is 0.403 e. The normalized spacial score (nSPS) is 42.1. The fraction of sp³-hybridized carbons (Fsp3) is 0.857. The van der Waals surface area contributed by atoms with Crippen molar-refractivity contribution in [2.45, 2.75) is 64.0 Å². The lowest BCUT2D eigenvalue weighted by atomic mass is 9.54. The summed E-state index contributed by atoms with van der Waals surface area (Å²) in [5.41, 5.74) is -0.365.